The van der Waals surface area contributed by atoms with Crippen LogP contribution in [-0.4, -0.2) is 50.5 Å². The average molecular weight is 516 g/mol. The van der Waals surface area contributed by atoms with Gasteiger partial charge in [-0.1, -0.05) is 44.2 Å². The smallest absolute Gasteiger partial charge is 0.242 e. The predicted molar refractivity (Wildman–Crippen MR) is 146 cm³/mol. The van der Waals surface area contributed by atoms with Gasteiger partial charge >= 0.3 is 0 Å². The van der Waals surface area contributed by atoms with Gasteiger partial charge in [0.25, 0.3) is 0 Å². The van der Waals surface area contributed by atoms with E-state index in [9.17, 15) is 18.0 Å². The Morgan fingerprint density at radius 3 is 2.19 bits per heavy atom. The monoisotopic (exact) mass is 515 g/mol. The van der Waals surface area contributed by atoms with Crippen molar-refractivity contribution in [3.05, 3.63) is 64.7 Å². The van der Waals surface area contributed by atoms with Crippen molar-refractivity contribution in [2.45, 2.75) is 67.0 Å². The molecule has 0 fully saturated rings. The van der Waals surface area contributed by atoms with Gasteiger partial charge in [-0.2, -0.15) is 0 Å². The molecule has 36 heavy (non-hydrogen) atoms. The molecule has 0 saturated carbocycles. The van der Waals surface area contributed by atoms with Gasteiger partial charge in [0.1, 0.15) is 6.04 Å². The summed E-state index contributed by atoms with van der Waals surface area (Å²) < 4.78 is 26.4. The lowest BCUT2D eigenvalue weighted by Gasteiger charge is -2.30. The molecule has 8 heteroatoms. The summed E-state index contributed by atoms with van der Waals surface area (Å²) >= 11 is 0. The molecule has 2 aromatic carbocycles. The highest BCUT2D eigenvalue weighted by atomic mass is 32.2. The summed E-state index contributed by atoms with van der Waals surface area (Å²) in [5.74, 6) is -0.0772. The Hall–Kier alpha value is -2.87. The highest BCUT2D eigenvalue weighted by molar-refractivity contribution is 7.92. The first kappa shape index (κ1) is 29.4. The molecular weight excluding hydrogens is 474 g/mol. The van der Waals surface area contributed by atoms with E-state index >= 15 is 0 Å². The van der Waals surface area contributed by atoms with E-state index in [1.165, 1.54) is 10.6 Å². The van der Waals surface area contributed by atoms with E-state index in [0.717, 1.165) is 22.3 Å². The zero-order valence-corrected chi connectivity index (χ0v) is 23.5. The Kier molecular flexibility index (Phi) is 10.5. The molecule has 198 valence electrons. The lowest BCUT2D eigenvalue weighted by Crippen LogP contribution is -2.48. The molecule has 0 aliphatic carbocycles. The summed E-state index contributed by atoms with van der Waals surface area (Å²) in [6, 6.07) is 12.7. The predicted octanol–water partition coefficient (Wildman–Crippen LogP) is 4.35. The number of anilines is 1. The normalized spacial score (nSPS) is 12.3. The van der Waals surface area contributed by atoms with Crippen molar-refractivity contribution in [1.82, 2.24) is 10.2 Å². The highest BCUT2D eigenvalue weighted by Crippen LogP contribution is 2.22. The second-order valence-corrected chi connectivity index (χ2v) is 11.9. The van der Waals surface area contributed by atoms with E-state index < -0.39 is 16.1 Å². The maximum absolute atomic E-state index is 13.4. The number of carbonyl (C=O) groups excluding carboxylic acids is 2. The summed E-state index contributed by atoms with van der Waals surface area (Å²) in [6.07, 6.45) is 1.64. The van der Waals surface area contributed by atoms with E-state index in [-0.39, 0.29) is 24.8 Å². The van der Waals surface area contributed by atoms with E-state index in [1.807, 2.05) is 71.0 Å². The standard InChI is InChI=1S/C28H41N3O4S/c1-20(2)18-29-28(33)24(6)30(19-25-12-9-8-11-22(25)4)27(32)13-10-16-31(36(7,34)35)26-15-14-21(3)23(5)17-26/h8-9,11-12,14-15,17,20,24H,10,13,16,18-19H2,1-7H3,(H,29,33)/t24-/m0/s1. The molecule has 0 spiro atoms. The van der Waals surface area contributed by atoms with Gasteiger partial charge in [-0.05, 0) is 74.4 Å². The van der Waals surface area contributed by atoms with Crippen molar-refractivity contribution in [1.29, 1.82) is 0 Å². The molecule has 0 radical (unpaired) electrons. The summed E-state index contributed by atoms with van der Waals surface area (Å²) in [6.45, 7) is 12.7. The van der Waals surface area contributed by atoms with Gasteiger partial charge in [-0.15, -0.1) is 0 Å². The van der Waals surface area contributed by atoms with Crippen LogP contribution >= 0.6 is 0 Å². The van der Waals surface area contributed by atoms with Gasteiger partial charge in [-0.3, -0.25) is 13.9 Å². The van der Waals surface area contributed by atoms with Crippen molar-refractivity contribution in [2.24, 2.45) is 5.92 Å². The van der Waals surface area contributed by atoms with Gasteiger partial charge < -0.3 is 10.2 Å². The van der Waals surface area contributed by atoms with Crippen LogP contribution in [0.25, 0.3) is 0 Å². The van der Waals surface area contributed by atoms with E-state index in [1.54, 1.807) is 17.9 Å². The zero-order valence-electron chi connectivity index (χ0n) is 22.7. The SMILES string of the molecule is Cc1ccc(N(CCCC(=O)N(Cc2ccccc2C)[C@@H](C)C(=O)NCC(C)C)S(C)(=O)=O)cc1C. The highest BCUT2D eigenvalue weighted by Gasteiger charge is 2.27. The minimum Gasteiger partial charge on any atom is -0.354 e. The van der Waals surface area contributed by atoms with Crippen molar-refractivity contribution in [2.75, 3.05) is 23.7 Å². The van der Waals surface area contributed by atoms with Gasteiger partial charge in [-0.25, -0.2) is 8.42 Å². The van der Waals surface area contributed by atoms with E-state index in [0.29, 0.717) is 31.1 Å². The van der Waals surface area contributed by atoms with Crippen LogP contribution in [-0.2, 0) is 26.2 Å². The second kappa shape index (κ2) is 12.9. The number of rotatable bonds is 12. The molecule has 0 bridgehead atoms. The fourth-order valence-corrected chi connectivity index (χ4v) is 4.85. The largest absolute Gasteiger partial charge is 0.354 e. The molecule has 0 aliphatic rings. The molecule has 2 amide bonds. The first-order valence-corrected chi connectivity index (χ1v) is 14.3. The molecule has 0 heterocycles. The van der Waals surface area contributed by atoms with E-state index in [2.05, 4.69) is 5.32 Å². The number of hydrogen-bond acceptors (Lipinski definition) is 4. The van der Waals surface area contributed by atoms with Crippen LogP contribution in [0, 0.1) is 26.7 Å². The summed E-state index contributed by atoms with van der Waals surface area (Å²) in [5, 5.41) is 2.92. The van der Waals surface area contributed by atoms with Gasteiger partial charge in [0.2, 0.25) is 21.8 Å². The summed E-state index contributed by atoms with van der Waals surface area (Å²) in [4.78, 5) is 27.8. The molecule has 1 N–H and O–H groups in total. The van der Waals surface area contributed by atoms with Crippen LogP contribution in [0.4, 0.5) is 5.69 Å². The number of sulfonamides is 1. The fourth-order valence-electron chi connectivity index (χ4n) is 3.89. The maximum Gasteiger partial charge on any atom is 0.242 e. The Balaban J connectivity index is 2.19. The van der Waals surface area contributed by atoms with Crippen molar-refractivity contribution >= 4 is 27.5 Å². The molecule has 2 rings (SSSR count). The lowest BCUT2D eigenvalue weighted by molar-refractivity contribution is -0.140. The Labute approximate surface area is 216 Å². The first-order chi connectivity index (χ1) is 16.8. The molecule has 7 nitrogen and oxygen atoms in total. The van der Waals surface area contributed by atoms with Crippen LogP contribution < -0.4 is 9.62 Å². The van der Waals surface area contributed by atoms with Crippen LogP contribution in [0.5, 0.6) is 0 Å². The summed E-state index contributed by atoms with van der Waals surface area (Å²) in [5.41, 5.74) is 4.69. The Morgan fingerprint density at radius 2 is 1.61 bits per heavy atom. The zero-order chi connectivity index (χ0) is 27.0. The third kappa shape index (κ3) is 8.36. The maximum atomic E-state index is 13.4. The van der Waals surface area contributed by atoms with Crippen LogP contribution in [0.15, 0.2) is 42.5 Å². The molecule has 0 saturated heterocycles. The van der Waals surface area contributed by atoms with Crippen molar-refractivity contribution in [3.63, 3.8) is 0 Å². The number of aryl methyl sites for hydroxylation is 3. The number of carbonyl (C=O) groups is 2. The molecule has 1 atom stereocenters. The van der Waals surface area contributed by atoms with Crippen molar-refractivity contribution in [3.8, 4) is 0 Å². The average Bonchev–Trinajstić information content (AvgIpc) is 2.80. The third-order valence-electron chi connectivity index (χ3n) is 6.38. The molecule has 0 aliphatic heterocycles. The quantitative estimate of drug-likeness (QED) is 0.455. The van der Waals surface area contributed by atoms with Crippen LogP contribution in [0.1, 0.15) is 55.9 Å². The van der Waals surface area contributed by atoms with Crippen LogP contribution in [0.3, 0.4) is 0 Å². The lowest BCUT2D eigenvalue weighted by atomic mass is 10.1. The number of hydrogen-bond donors (Lipinski definition) is 1. The molecular formula is C28H41N3O4S. The Bertz CT molecular complexity index is 1160. The first-order valence-electron chi connectivity index (χ1n) is 12.5. The Morgan fingerprint density at radius 1 is 0.944 bits per heavy atom. The minimum absolute atomic E-state index is 0.130. The molecule has 0 unspecified atom stereocenters. The van der Waals surface area contributed by atoms with Gasteiger partial charge in [0, 0.05) is 26.1 Å². The molecule has 2 aromatic rings. The fraction of sp³-hybridized carbons (Fsp3) is 0.500. The third-order valence-corrected chi connectivity index (χ3v) is 7.58. The number of benzene rings is 2. The van der Waals surface area contributed by atoms with Crippen molar-refractivity contribution < 1.29 is 18.0 Å². The topological polar surface area (TPSA) is 86.8 Å². The van der Waals surface area contributed by atoms with Gasteiger partial charge in [0.15, 0.2) is 0 Å². The summed E-state index contributed by atoms with van der Waals surface area (Å²) in [7, 11) is -3.52. The van der Waals surface area contributed by atoms with Gasteiger partial charge in [0.05, 0.1) is 11.9 Å². The van der Waals surface area contributed by atoms with Crippen LogP contribution in [0.2, 0.25) is 0 Å². The molecule has 0 aromatic heterocycles. The number of nitrogens with one attached hydrogen (secondary N) is 1. The van der Waals surface area contributed by atoms with E-state index in [4.69, 9.17) is 0 Å². The second-order valence-electron chi connectivity index (χ2n) is 9.97. The number of amides is 2. The minimum atomic E-state index is -3.52. The number of nitrogens with zero attached hydrogens (tertiary/aromatic N) is 2.